The van der Waals surface area contributed by atoms with Crippen LogP contribution in [0.5, 0.6) is 0 Å². The number of anilines is 1. The molecule has 132 valence electrons. The summed E-state index contributed by atoms with van der Waals surface area (Å²) in [7, 11) is 0. The highest BCUT2D eigenvalue weighted by Crippen LogP contribution is 2.32. The van der Waals surface area contributed by atoms with E-state index in [0.29, 0.717) is 6.04 Å². The molecule has 0 saturated carbocycles. The van der Waals surface area contributed by atoms with Gasteiger partial charge in [0.25, 0.3) is 0 Å². The van der Waals surface area contributed by atoms with Gasteiger partial charge in [0.05, 0.1) is 29.0 Å². The van der Waals surface area contributed by atoms with E-state index < -0.39 is 0 Å². The number of fused-ring (bicyclic) bond motifs is 3. The zero-order valence-electron chi connectivity index (χ0n) is 14.7. The molecule has 5 rings (SSSR count). The number of hydrogen-bond donors (Lipinski definition) is 0. The van der Waals surface area contributed by atoms with Crippen LogP contribution in [0.25, 0.3) is 5.69 Å². The summed E-state index contributed by atoms with van der Waals surface area (Å²) in [6, 6.07) is 15.1. The summed E-state index contributed by atoms with van der Waals surface area (Å²) in [5.41, 5.74) is 4.65. The van der Waals surface area contributed by atoms with E-state index in [9.17, 15) is 0 Å². The smallest absolute Gasteiger partial charge is 0.0786 e. The maximum atomic E-state index is 4.68. The van der Waals surface area contributed by atoms with Gasteiger partial charge in [-0.05, 0) is 37.1 Å². The van der Waals surface area contributed by atoms with Crippen LogP contribution in [-0.2, 0) is 13.1 Å². The van der Waals surface area contributed by atoms with E-state index in [-0.39, 0.29) is 0 Å². The van der Waals surface area contributed by atoms with Crippen molar-refractivity contribution in [1.29, 1.82) is 0 Å². The van der Waals surface area contributed by atoms with E-state index in [1.165, 1.54) is 24.2 Å². The lowest BCUT2D eigenvalue weighted by atomic mass is 10.2. The molecule has 0 spiro atoms. The van der Waals surface area contributed by atoms with Crippen molar-refractivity contribution in [2.24, 2.45) is 0 Å². The van der Waals surface area contributed by atoms with Crippen molar-refractivity contribution >= 4 is 5.69 Å². The van der Waals surface area contributed by atoms with E-state index >= 15 is 0 Å². The number of pyridine rings is 1. The van der Waals surface area contributed by atoms with Crippen LogP contribution in [0, 0.1) is 0 Å². The molecule has 6 heteroatoms. The second kappa shape index (κ2) is 6.53. The zero-order chi connectivity index (χ0) is 17.3. The maximum Gasteiger partial charge on any atom is 0.0786 e. The molecule has 1 saturated heterocycles. The van der Waals surface area contributed by atoms with Crippen LogP contribution in [0.1, 0.15) is 24.2 Å². The highest BCUT2D eigenvalue weighted by molar-refractivity contribution is 5.53. The highest BCUT2D eigenvalue weighted by Gasteiger charge is 2.32. The molecule has 6 nitrogen and oxygen atoms in total. The topological polar surface area (TPSA) is 50.1 Å². The minimum Gasteiger partial charge on any atom is -0.366 e. The normalized spacial score (nSPS) is 19.8. The molecule has 0 aliphatic carbocycles. The van der Waals surface area contributed by atoms with Crippen molar-refractivity contribution in [2.75, 3.05) is 18.0 Å². The first-order chi connectivity index (χ1) is 12.9. The summed E-state index contributed by atoms with van der Waals surface area (Å²) in [6.45, 7) is 3.88. The number of nitrogens with zero attached hydrogens (tertiary/aromatic N) is 6. The maximum absolute atomic E-state index is 4.68. The van der Waals surface area contributed by atoms with Gasteiger partial charge in [-0.15, -0.1) is 5.10 Å². The summed E-state index contributed by atoms with van der Waals surface area (Å²) in [5, 5.41) is 8.46. The molecule has 0 bridgehead atoms. The number of para-hydroxylation sites is 1. The fourth-order valence-corrected chi connectivity index (χ4v) is 4.23. The number of benzene rings is 1. The van der Waals surface area contributed by atoms with E-state index in [0.717, 1.165) is 37.6 Å². The first-order valence-corrected chi connectivity index (χ1v) is 9.26. The summed E-state index contributed by atoms with van der Waals surface area (Å²) >= 11 is 0. The second-order valence-electron chi connectivity index (χ2n) is 7.10. The molecule has 2 aliphatic rings. The lowest BCUT2D eigenvalue weighted by molar-refractivity contribution is 0.240. The van der Waals surface area contributed by atoms with Crippen molar-refractivity contribution in [3.05, 3.63) is 66.2 Å². The standard InChI is InChI=1S/C20H22N6/c1-2-6-16(7-3-1)26-18(12-22-23-26)14-24-13-17-8-5-11-25(17)20-9-4-10-21-19(20)15-24/h1-4,6-7,9-10,12,17H,5,8,11,13-15H2/t17-/m0/s1. The van der Waals surface area contributed by atoms with Crippen LogP contribution in [0.4, 0.5) is 5.69 Å². The Labute approximate surface area is 153 Å². The molecular formula is C20H22N6. The monoisotopic (exact) mass is 346 g/mol. The molecule has 0 amide bonds. The molecule has 1 aromatic carbocycles. The number of rotatable bonds is 3. The molecule has 26 heavy (non-hydrogen) atoms. The predicted molar refractivity (Wildman–Crippen MR) is 100 cm³/mol. The van der Waals surface area contributed by atoms with E-state index in [1.54, 1.807) is 0 Å². The van der Waals surface area contributed by atoms with Crippen LogP contribution < -0.4 is 4.90 Å². The first kappa shape index (κ1) is 15.5. The predicted octanol–water partition coefficient (Wildman–Crippen LogP) is 2.65. The Balaban J connectivity index is 1.44. The van der Waals surface area contributed by atoms with Gasteiger partial charge in [-0.3, -0.25) is 9.88 Å². The molecule has 0 N–H and O–H groups in total. The van der Waals surface area contributed by atoms with Gasteiger partial charge >= 0.3 is 0 Å². The van der Waals surface area contributed by atoms with Crippen molar-refractivity contribution in [1.82, 2.24) is 24.9 Å². The molecule has 0 unspecified atom stereocenters. The molecule has 4 heterocycles. The summed E-state index contributed by atoms with van der Waals surface area (Å²) < 4.78 is 1.94. The Hall–Kier alpha value is -2.73. The zero-order valence-corrected chi connectivity index (χ0v) is 14.7. The fourth-order valence-electron chi connectivity index (χ4n) is 4.23. The van der Waals surface area contributed by atoms with Crippen molar-refractivity contribution in [3.8, 4) is 5.69 Å². The number of aromatic nitrogens is 4. The van der Waals surface area contributed by atoms with E-state index in [1.807, 2.05) is 35.3 Å². The quantitative estimate of drug-likeness (QED) is 0.730. The molecule has 2 aliphatic heterocycles. The summed E-state index contributed by atoms with van der Waals surface area (Å²) in [4.78, 5) is 9.72. The van der Waals surface area contributed by atoms with Crippen LogP contribution in [0.2, 0.25) is 0 Å². The molecular weight excluding hydrogens is 324 g/mol. The van der Waals surface area contributed by atoms with Crippen LogP contribution in [-0.4, -0.2) is 44.0 Å². The Morgan fingerprint density at radius 3 is 2.92 bits per heavy atom. The van der Waals surface area contributed by atoms with Crippen LogP contribution in [0.3, 0.4) is 0 Å². The third-order valence-electron chi connectivity index (χ3n) is 5.40. The fraction of sp³-hybridized carbons (Fsp3) is 0.350. The SMILES string of the molecule is c1ccc(-n2nncc2CN2Cc3ncccc3N3CCC[C@H]3C2)cc1. The van der Waals surface area contributed by atoms with Gasteiger partial charge in [0, 0.05) is 38.4 Å². The van der Waals surface area contributed by atoms with Gasteiger partial charge in [0.15, 0.2) is 0 Å². The molecule has 3 aromatic rings. The third-order valence-corrected chi connectivity index (χ3v) is 5.40. The van der Waals surface area contributed by atoms with Gasteiger partial charge in [0.2, 0.25) is 0 Å². The summed E-state index contributed by atoms with van der Waals surface area (Å²) in [6.07, 6.45) is 6.30. The van der Waals surface area contributed by atoms with Crippen LogP contribution >= 0.6 is 0 Å². The van der Waals surface area contributed by atoms with Crippen LogP contribution in [0.15, 0.2) is 54.9 Å². The Morgan fingerprint density at radius 2 is 2.00 bits per heavy atom. The van der Waals surface area contributed by atoms with Gasteiger partial charge in [0.1, 0.15) is 0 Å². The second-order valence-corrected chi connectivity index (χ2v) is 7.10. The van der Waals surface area contributed by atoms with Crippen molar-refractivity contribution < 1.29 is 0 Å². The molecule has 0 radical (unpaired) electrons. The highest BCUT2D eigenvalue weighted by atomic mass is 15.4. The van der Waals surface area contributed by atoms with Gasteiger partial charge in [-0.1, -0.05) is 23.4 Å². The largest absolute Gasteiger partial charge is 0.366 e. The Morgan fingerprint density at radius 1 is 1.08 bits per heavy atom. The third kappa shape index (κ3) is 2.76. The minimum absolute atomic E-state index is 0.571. The molecule has 1 atom stereocenters. The lowest BCUT2D eigenvalue weighted by Crippen LogP contribution is -2.37. The van der Waals surface area contributed by atoms with Crippen molar-refractivity contribution in [3.63, 3.8) is 0 Å². The molecule has 2 aromatic heterocycles. The minimum atomic E-state index is 0.571. The van der Waals surface area contributed by atoms with Crippen molar-refractivity contribution in [2.45, 2.75) is 32.0 Å². The van der Waals surface area contributed by atoms with Gasteiger partial charge in [-0.2, -0.15) is 0 Å². The average molecular weight is 346 g/mol. The average Bonchev–Trinajstić information content (AvgIpc) is 3.30. The lowest BCUT2D eigenvalue weighted by Gasteiger charge is -2.27. The van der Waals surface area contributed by atoms with Gasteiger partial charge < -0.3 is 4.90 Å². The van der Waals surface area contributed by atoms with E-state index in [2.05, 4.69) is 49.4 Å². The first-order valence-electron chi connectivity index (χ1n) is 9.26. The van der Waals surface area contributed by atoms with E-state index in [4.69, 9.17) is 0 Å². The Kier molecular flexibility index (Phi) is 3.90. The number of hydrogen-bond acceptors (Lipinski definition) is 5. The van der Waals surface area contributed by atoms with Gasteiger partial charge in [-0.25, -0.2) is 4.68 Å². The Bertz CT molecular complexity index is 890. The summed E-state index contributed by atoms with van der Waals surface area (Å²) in [5.74, 6) is 0. The molecule has 1 fully saturated rings.